The highest BCUT2D eigenvalue weighted by Crippen LogP contribution is 2.32. The summed E-state index contributed by atoms with van der Waals surface area (Å²) >= 11 is 0. The molecule has 18 heavy (non-hydrogen) atoms. The molecule has 3 heteroatoms. The number of nitrogens with zero attached hydrogens (tertiary/aromatic N) is 1. The number of hydrogen-bond acceptors (Lipinski definition) is 2. The molecule has 0 aromatic heterocycles. The van der Waals surface area contributed by atoms with Crippen LogP contribution in [0.3, 0.4) is 0 Å². The van der Waals surface area contributed by atoms with Crippen molar-refractivity contribution < 1.29 is 4.79 Å². The van der Waals surface area contributed by atoms with Crippen LogP contribution in [0, 0.1) is 5.41 Å². The molecule has 1 fully saturated rings. The Morgan fingerprint density at radius 2 is 1.78 bits per heavy atom. The molecule has 0 aliphatic carbocycles. The second-order valence-electron chi connectivity index (χ2n) is 7.47. The first-order valence-electron chi connectivity index (χ1n) is 7.19. The Morgan fingerprint density at radius 1 is 1.17 bits per heavy atom. The van der Waals surface area contributed by atoms with Crippen molar-refractivity contribution in [1.82, 2.24) is 4.90 Å². The maximum absolute atomic E-state index is 12.3. The van der Waals surface area contributed by atoms with Crippen LogP contribution in [0.15, 0.2) is 0 Å². The van der Waals surface area contributed by atoms with E-state index in [-0.39, 0.29) is 17.0 Å². The predicted octanol–water partition coefficient (Wildman–Crippen LogP) is 2.93. The average Bonchev–Trinajstić information content (AvgIpc) is 2.36. The molecule has 1 atom stereocenters. The second kappa shape index (κ2) is 5.60. The van der Waals surface area contributed by atoms with Gasteiger partial charge in [0.05, 0.1) is 0 Å². The number of amides is 1. The van der Waals surface area contributed by atoms with Crippen molar-refractivity contribution in [2.45, 2.75) is 78.3 Å². The fourth-order valence-electron chi connectivity index (χ4n) is 2.72. The van der Waals surface area contributed by atoms with E-state index in [0.717, 1.165) is 25.8 Å². The number of likely N-dealkylation sites (tertiary alicyclic amines) is 1. The number of carbonyl (C=O) groups excluding carboxylic acids is 1. The highest BCUT2D eigenvalue weighted by Gasteiger charge is 2.36. The molecule has 0 aromatic rings. The summed E-state index contributed by atoms with van der Waals surface area (Å²) < 4.78 is 0. The van der Waals surface area contributed by atoms with Crippen LogP contribution in [0.5, 0.6) is 0 Å². The van der Waals surface area contributed by atoms with Crippen LogP contribution in [0.2, 0.25) is 0 Å². The van der Waals surface area contributed by atoms with Crippen molar-refractivity contribution in [2.24, 2.45) is 11.1 Å². The summed E-state index contributed by atoms with van der Waals surface area (Å²) in [5, 5.41) is 0. The van der Waals surface area contributed by atoms with E-state index in [1.807, 2.05) is 13.8 Å². The first-order chi connectivity index (χ1) is 8.11. The summed E-state index contributed by atoms with van der Waals surface area (Å²) in [5.41, 5.74) is 6.03. The minimum atomic E-state index is -0.232. The van der Waals surface area contributed by atoms with E-state index in [1.165, 1.54) is 6.42 Å². The minimum absolute atomic E-state index is 0.0800. The van der Waals surface area contributed by atoms with E-state index in [1.54, 1.807) is 0 Å². The van der Waals surface area contributed by atoms with Crippen LogP contribution < -0.4 is 5.73 Å². The Kier molecular flexibility index (Phi) is 4.82. The van der Waals surface area contributed by atoms with E-state index >= 15 is 0 Å². The monoisotopic (exact) mass is 254 g/mol. The summed E-state index contributed by atoms with van der Waals surface area (Å²) in [6.45, 7) is 11.6. The molecule has 1 aliphatic heterocycles. The molecule has 3 nitrogen and oxygen atoms in total. The van der Waals surface area contributed by atoms with E-state index in [4.69, 9.17) is 5.73 Å². The first kappa shape index (κ1) is 15.5. The summed E-state index contributed by atoms with van der Waals surface area (Å²) in [4.78, 5) is 14.4. The van der Waals surface area contributed by atoms with E-state index in [2.05, 4.69) is 25.7 Å². The van der Waals surface area contributed by atoms with Gasteiger partial charge in [0, 0.05) is 24.5 Å². The number of carbonyl (C=O) groups is 1. The molecular weight excluding hydrogens is 224 g/mol. The van der Waals surface area contributed by atoms with Crippen LogP contribution in [0.4, 0.5) is 0 Å². The van der Waals surface area contributed by atoms with E-state index < -0.39 is 0 Å². The molecule has 0 bridgehead atoms. The van der Waals surface area contributed by atoms with Gasteiger partial charge < -0.3 is 10.6 Å². The Morgan fingerprint density at radius 3 is 2.28 bits per heavy atom. The van der Waals surface area contributed by atoms with Crippen LogP contribution in [-0.4, -0.2) is 28.9 Å². The van der Waals surface area contributed by atoms with Crippen molar-refractivity contribution in [3.63, 3.8) is 0 Å². The lowest BCUT2D eigenvalue weighted by Gasteiger charge is -2.43. The Labute approximate surface area is 112 Å². The molecule has 1 aliphatic rings. The van der Waals surface area contributed by atoms with Crippen LogP contribution in [0.25, 0.3) is 0 Å². The molecule has 1 heterocycles. The fraction of sp³-hybridized carbons (Fsp3) is 0.933. The van der Waals surface area contributed by atoms with Crippen molar-refractivity contribution in [1.29, 1.82) is 0 Å². The SMILES string of the molecule is CC(C)(N)CC(N1CCCCCC1=O)C(C)(C)C. The molecular formula is C15H30N2O. The average molecular weight is 254 g/mol. The van der Waals surface area contributed by atoms with Gasteiger partial charge in [-0.15, -0.1) is 0 Å². The third-order valence-corrected chi connectivity index (χ3v) is 3.71. The predicted molar refractivity (Wildman–Crippen MR) is 76.3 cm³/mol. The van der Waals surface area contributed by atoms with Gasteiger partial charge in [0.25, 0.3) is 0 Å². The number of nitrogens with two attached hydrogens (primary N) is 1. The normalized spacial score (nSPS) is 20.8. The quantitative estimate of drug-likeness (QED) is 0.841. The number of rotatable bonds is 3. The third kappa shape index (κ3) is 4.60. The zero-order valence-corrected chi connectivity index (χ0v) is 12.8. The molecule has 1 amide bonds. The van der Waals surface area contributed by atoms with E-state index in [0.29, 0.717) is 12.3 Å². The van der Waals surface area contributed by atoms with E-state index in [9.17, 15) is 4.79 Å². The summed E-state index contributed by atoms with van der Waals surface area (Å²) in [7, 11) is 0. The minimum Gasteiger partial charge on any atom is -0.339 e. The van der Waals surface area contributed by atoms with Gasteiger partial charge in [-0.2, -0.15) is 0 Å². The lowest BCUT2D eigenvalue weighted by Crippen LogP contribution is -2.52. The Balaban J connectivity index is 2.90. The summed E-state index contributed by atoms with van der Waals surface area (Å²) in [6, 6.07) is 0.239. The van der Waals surface area contributed by atoms with Gasteiger partial charge in [-0.25, -0.2) is 0 Å². The zero-order chi connectivity index (χ0) is 14.0. The van der Waals surface area contributed by atoms with Gasteiger partial charge in [0.15, 0.2) is 0 Å². The Hall–Kier alpha value is -0.570. The van der Waals surface area contributed by atoms with Gasteiger partial charge in [0.1, 0.15) is 0 Å². The van der Waals surface area contributed by atoms with Crippen LogP contribution in [0.1, 0.15) is 66.7 Å². The molecule has 0 radical (unpaired) electrons. The molecule has 0 aromatic carbocycles. The molecule has 1 rings (SSSR count). The maximum Gasteiger partial charge on any atom is 0.222 e. The third-order valence-electron chi connectivity index (χ3n) is 3.71. The van der Waals surface area contributed by atoms with Gasteiger partial charge in [0.2, 0.25) is 5.91 Å². The fourth-order valence-corrected chi connectivity index (χ4v) is 2.72. The van der Waals surface area contributed by atoms with Crippen molar-refractivity contribution in [3.8, 4) is 0 Å². The highest BCUT2D eigenvalue weighted by molar-refractivity contribution is 5.76. The van der Waals surface area contributed by atoms with Gasteiger partial charge >= 0.3 is 0 Å². The Bertz CT molecular complexity index is 286. The molecule has 0 saturated carbocycles. The lowest BCUT2D eigenvalue weighted by atomic mass is 9.78. The number of hydrogen-bond donors (Lipinski definition) is 1. The largest absolute Gasteiger partial charge is 0.339 e. The maximum atomic E-state index is 12.3. The van der Waals surface area contributed by atoms with Crippen molar-refractivity contribution in [3.05, 3.63) is 0 Å². The molecule has 2 N–H and O–H groups in total. The van der Waals surface area contributed by atoms with Crippen molar-refractivity contribution in [2.75, 3.05) is 6.54 Å². The second-order valence-corrected chi connectivity index (χ2v) is 7.47. The molecule has 106 valence electrons. The van der Waals surface area contributed by atoms with Crippen LogP contribution in [-0.2, 0) is 4.79 Å². The molecule has 1 saturated heterocycles. The molecule has 1 unspecified atom stereocenters. The smallest absolute Gasteiger partial charge is 0.222 e. The molecule has 0 spiro atoms. The summed E-state index contributed by atoms with van der Waals surface area (Å²) in [6.07, 6.45) is 4.91. The topological polar surface area (TPSA) is 46.3 Å². The van der Waals surface area contributed by atoms with Crippen molar-refractivity contribution >= 4 is 5.91 Å². The lowest BCUT2D eigenvalue weighted by molar-refractivity contribution is -0.135. The van der Waals surface area contributed by atoms with Gasteiger partial charge in [-0.3, -0.25) is 4.79 Å². The zero-order valence-electron chi connectivity index (χ0n) is 12.8. The first-order valence-corrected chi connectivity index (χ1v) is 7.19. The summed E-state index contributed by atoms with van der Waals surface area (Å²) in [5.74, 6) is 0.316. The highest BCUT2D eigenvalue weighted by atomic mass is 16.2. The van der Waals surface area contributed by atoms with Crippen LogP contribution >= 0.6 is 0 Å². The van der Waals surface area contributed by atoms with Gasteiger partial charge in [-0.05, 0) is 38.5 Å². The van der Waals surface area contributed by atoms with Gasteiger partial charge in [-0.1, -0.05) is 27.2 Å². The standard InChI is InChI=1S/C15H30N2O/c1-14(2,3)12(11-15(4,5)16)17-10-8-6-7-9-13(17)18/h12H,6-11,16H2,1-5H3.